The Balaban J connectivity index is 1.69. The van der Waals surface area contributed by atoms with E-state index in [1.54, 1.807) is 7.11 Å². The third kappa shape index (κ3) is 5.47. The molecule has 1 heterocycles. The predicted octanol–water partition coefficient (Wildman–Crippen LogP) is 2.43. The van der Waals surface area contributed by atoms with Crippen molar-refractivity contribution < 1.29 is 19.3 Å². The molecule has 0 amide bonds. The molecular formula is C15H22BrNO4. The first kappa shape index (κ1) is 16.5. The van der Waals surface area contributed by atoms with Crippen LogP contribution in [0.2, 0.25) is 0 Å². The van der Waals surface area contributed by atoms with Gasteiger partial charge < -0.3 is 24.6 Å². The summed E-state index contributed by atoms with van der Waals surface area (Å²) in [5, 5.41) is 13.1. The summed E-state index contributed by atoms with van der Waals surface area (Å²) >= 11 is 3.46. The van der Waals surface area contributed by atoms with Crippen LogP contribution in [-0.4, -0.2) is 50.8 Å². The van der Waals surface area contributed by atoms with E-state index in [2.05, 4.69) is 21.2 Å². The number of aliphatic hydroxyl groups excluding tert-OH is 1. The average Bonchev–Trinajstić information content (AvgIpc) is 3.00. The van der Waals surface area contributed by atoms with Crippen LogP contribution in [0.3, 0.4) is 0 Å². The van der Waals surface area contributed by atoms with E-state index in [-0.39, 0.29) is 6.10 Å². The third-order valence-electron chi connectivity index (χ3n) is 3.34. The normalized spacial score (nSPS) is 19.5. The molecule has 1 aromatic rings. The fourth-order valence-electron chi connectivity index (χ4n) is 2.16. The number of nitrogens with one attached hydrogen (secondary N) is 1. The van der Waals surface area contributed by atoms with E-state index in [0.29, 0.717) is 19.8 Å². The van der Waals surface area contributed by atoms with Gasteiger partial charge in [-0.15, -0.1) is 0 Å². The van der Waals surface area contributed by atoms with Gasteiger partial charge in [0.25, 0.3) is 0 Å². The molecule has 6 heteroatoms. The predicted molar refractivity (Wildman–Crippen MR) is 85.0 cm³/mol. The van der Waals surface area contributed by atoms with Crippen LogP contribution in [0.25, 0.3) is 0 Å². The van der Waals surface area contributed by atoms with Gasteiger partial charge in [0.05, 0.1) is 38.2 Å². The molecule has 1 saturated heterocycles. The standard InChI is InChI=1S/C15H22BrNO4/c1-19-12-4-5-14(16)15(7-12)17-8-11(18)9-20-10-13-3-2-6-21-13/h4-5,7,11,13,17-18H,2-3,6,8-10H2,1H3. The Kier molecular flexibility index (Phi) is 6.76. The van der Waals surface area contributed by atoms with E-state index >= 15 is 0 Å². The van der Waals surface area contributed by atoms with Crippen LogP contribution < -0.4 is 10.1 Å². The minimum absolute atomic E-state index is 0.192. The highest BCUT2D eigenvalue weighted by atomic mass is 79.9. The summed E-state index contributed by atoms with van der Waals surface area (Å²) in [6.45, 7) is 2.09. The first-order valence-corrected chi connectivity index (χ1v) is 7.93. The number of ether oxygens (including phenoxy) is 3. The van der Waals surface area contributed by atoms with Crippen LogP contribution in [-0.2, 0) is 9.47 Å². The lowest BCUT2D eigenvalue weighted by Gasteiger charge is -2.16. The quantitative estimate of drug-likeness (QED) is 0.746. The van der Waals surface area contributed by atoms with Crippen molar-refractivity contribution in [1.29, 1.82) is 0 Å². The minimum atomic E-state index is -0.565. The second kappa shape index (κ2) is 8.58. The molecule has 1 aliphatic heterocycles. The van der Waals surface area contributed by atoms with Crippen LogP contribution in [0.4, 0.5) is 5.69 Å². The van der Waals surface area contributed by atoms with Gasteiger partial charge in [0.1, 0.15) is 5.75 Å². The first-order valence-electron chi connectivity index (χ1n) is 7.14. The van der Waals surface area contributed by atoms with Gasteiger partial charge in [-0.25, -0.2) is 0 Å². The van der Waals surface area contributed by atoms with Crippen molar-refractivity contribution in [2.45, 2.75) is 25.0 Å². The Labute approximate surface area is 133 Å². The fraction of sp³-hybridized carbons (Fsp3) is 0.600. The van der Waals surface area contributed by atoms with Gasteiger partial charge in [0.15, 0.2) is 0 Å². The highest BCUT2D eigenvalue weighted by molar-refractivity contribution is 9.10. The Morgan fingerprint density at radius 3 is 3.10 bits per heavy atom. The van der Waals surface area contributed by atoms with E-state index in [1.165, 1.54) is 0 Å². The van der Waals surface area contributed by atoms with E-state index in [9.17, 15) is 5.11 Å². The van der Waals surface area contributed by atoms with Gasteiger partial charge in [0.2, 0.25) is 0 Å². The fourth-order valence-corrected chi connectivity index (χ4v) is 2.55. The molecule has 1 aliphatic rings. The summed E-state index contributed by atoms with van der Waals surface area (Å²) in [4.78, 5) is 0. The number of methoxy groups -OCH3 is 1. The number of hydrogen-bond donors (Lipinski definition) is 2. The number of halogens is 1. The van der Waals surface area contributed by atoms with Crippen molar-refractivity contribution in [3.05, 3.63) is 22.7 Å². The molecule has 0 radical (unpaired) electrons. The lowest BCUT2D eigenvalue weighted by Crippen LogP contribution is -2.27. The lowest BCUT2D eigenvalue weighted by atomic mass is 10.2. The van der Waals surface area contributed by atoms with Crippen molar-refractivity contribution in [1.82, 2.24) is 0 Å². The summed E-state index contributed by atoms with van der Waals surface area (Å²) in [6.07, 6.45) is 1.77. The van der Waals surface area contributed by atoms with Crippen molar-refractivity contribution in [2.24, 2.45) is 0 Å². The summed E-state index contributed by atoms with van der Waals surface area (Å²) in [6, 6.07) is 5.65. The van der Waals surface area contributed by atoms with Crippen molar-refractivity contribution in [3.8, 4) is 5.75 Å². The molecule has 21 heavy (non-hydrogen) atoms. The zero-order valence-corrected chi connectivity index (χ0v) is 13.8. The molecule has 1 aromatic carbocycles. The summed E-state index contributed by atoms with van der Waals surface area (Å²) in [5.74, 6) is 0.768. The Morgan fingerprint density at radius 1 is 1.52 bits per heavy atom. The van der Waals surface area contributed by atoms with Crippen LogP contribution in [0, 0.1) is 0 Å². The van der Waals surface area contributed by atoms with Gasteiger partial charge in [0, 0.05) is 23.7 Å². The van der Waals surface area contributed by atoms with Gasteiger partial charge in [-0.1, -0.05) is 0 Å². The second-order valence-corrected chi connectivity index (χ2v) is 5.91. The van der Waals surface area contributed by atoms with Crippen molar-refractivity contribution in [3.63, 3.8) is 0 Å². The maximum atomic E-state index is 9.93. The largest absolute Gasteiger partial charge is 0.497 e. The van der Waals surface area contributed by atoms with Crippen LogP contribution in [0.15, 0.2) is 22.7 Å². The van der Waals surface area contributed by atoms with Gasteiger partial charge in [-0.05, 0) is 40.9 Å². The molecular weight excluding hydrogens is 338 g/mol. The van der Waals surface area contributed by atoms with E-state index in [0.717, 1.165) is 35.4 Å². The van der Waals surface area contributed by atoms with Gasteiger partial charge in [-0.3, -0.25) is 0 Å². The first-order chi connectivity index (χ1) is 10.2. The lowest BCUT2D eigenvalue weighted by molar-refractivity contribution is -0.0137. The number of rotatable bonds is 8. The smallest absolute Gasteiger partial charge is 0.121 e. The van der Waals surface area contributed by atoms with Crippen molar-refractivity contribution >= 4 is 21.6 Å². The van der Waals surface area contributed by atoms with Crippen LogP contribution in [0.5, 0.6) is 5.75 Å². The average molecular weight is 360 g/mol. The molecule has 5 nitrogen and oxygen atoms in total. The zero-order chi connectivity index (χ0) is 15.1. The Hall–Kier alpha value is -0.820. The van der Waals surface area contributed by atoms with Crippen molar-refractivity contribution in [2.75, 3.05) is 38.8 Å². The Morgan fingerprint density at radius 2 is 2.38 bits per heavy atom. The number of benzene rings is 1. The third-order valence-corrected chi connectivity index (χ3v) is 4.03. The zero-order valence-electron chi connectivity index (χ0n) is 12.2. The second-order valence-electron chi connectivity index (χ2n) is 5.05. The summed E-state index contributed by atoms with van der Waals surface area (Å²) < 4.78 is 17.1. The molecule has 2 unspecified atom stereocenters. The topological polar surface area (TPSA) is 60.0 Å². The van der Waals surface area contributed by atoms with Crippen LogP contribution >= 0.6 is 15.9 Å². The molecule has 118 valence electrons. The highest BCUT2D eigenvalue weighted by Gasteiger charge is 2.16. The molecule has 2 atom stereocenters. The summed E-state index contributed by atoms with van der Waals surface area (Å²) in [5.41, 5.74) is 0.882. The number of aliphatic hydroxyl groups is 1. The van der Waals surface area contributed by atoms with E-state index in [4.69, 9.17) is 14.2 Å². The van der Waals surface area contributed by atoms with Gasteiger partial charge in [-0.2, -0.15) is 0 Å². The molecule has 1 fully saturated rings. The summed E-state index contributed by atoms with van der Waals surface area (Å²) in [7, 11) is 1.63. The Bertz CT molecular complexity index is 438. The number of hydrogen-bond acceptors (Lipinski definition) is 5. The molecule has 2 N–H and O–H groups in total. The maximum Gasteiger partial charge on any atom is 0.121 e. The van der Waals surface area contributed by atoms with Crippen LogP contribution in [0.1, 0.15) is 12.8 Å². The molecule has 0 saturated carbocycles. The molecule has 0 aliphatic carbocycles. The molecule has 0 spiro atoms. The highest BCUT2D eigenvalue weighted by Crippen LogP contribution is 2.26. The SMILES string of the molecule is COc1ccc(Br)c(NCC(O)COCC2CCCO2)c1. The van der Waals surface area contributed by atoms with E-state index < -0.39 is 6.10 Å². The molecule has 0 bridgehead atoms. The van der Waals surface area contributed by atoms with E-state index in [1.807, 2.05) is 18.2 Å². The molecule has 0 aromatic heterocycles. The number of anilines is 1. The molecule has 2 rings (SSSR count). The monoisotopic (exact) mass is 359 g/mol. The maximum absolute atomic E-state index is 9.93. The minimum Gasteiger partial charge on any atom is -0.497 e. The van der Waals surface area contributed by atoms with Gasteiger partial charge >= 0.3 is 0 Å².